The van der Waals surface area contributed by atoms with Crippen molar-refractivity contribution in [2.45, 2.75) is 13.8 Å². The number of nitrogens with zero attached hydrogens (tertiary/aromatic N) is 1. The molecule has 0 radical (unpaired) electrons. The predicted molar refractivity (Wildman–Crippen MR) is 150 cm³/mol. The fraction of sp³-hybridized carbons (Fsp3) is 0.0625. The Morgan fingerprint density at radius 2 is 0.800 bits per heavy atom. The molecule has 5 rings (SSSR count). The average molecular weight is 520 g/mol. The van der Waals surface area contributed by atoms with Crippen LogP contribution in [0.25, 0.3) is 11.1 Å². The van der Waals surface area contributed by atoms with Crippen LogP contribution in [-0.4, -0.2) is 0 Å². The second-order valence-electron chi connectivity index (χ2n) is 8.63. The molecule has 0 amide bonds. The molecule has 0 saturated carbocycles. The summed E-state index contributed by atoms with van der Waals surface area (Å²) < 4.78 is 7.22. The number of anilines is 3. The van der Waals surface area contributed by atoms with Gasteiger partial charge in [-0.25, -0.2) is 0 Å². The summed E-state index contributed by atoms with van der Waals surface area (Å²) in [5.41, 5.74) is 8.15. The zero-order valence-electron chi connectivity index (χ0n) is 19.8. The fourth-order valence-corrected chi connectivity index (χ4v) is 4.26. The zero-order valence-corrected chi connectivity index (χ0v) is 21.4. The van der Waals surface area contributed by atoms with Crippen molar-refractivity contribution in [2.24, 2.45) is 0 Å². The van der Waals surface area contributed by atoms with E-state index in [2.05, 4.69) is 132 Å². The largest absolute Gasteiger partial charge is 0.457 e. The molecular weight excluding hydrogens is 494 g/mol. The van der Waals surface area contributed by atoms with Crippen LogP contribution in [0.1, 0.15) is 11.1 Å². The molecule has 0 saturated heterocycles. The topological polar surface area (TPSA) is 12.5 Å². The third-order valence-electron chi connectivity index (χ3n) is 5.95. The van der Waals surface area contributed by atoms with Gasteiger partial charge in [0.25, 0.3) is 0 Å². The molecule has 3 heteroatoms. The highest BCUT2D eigenvalue weighted by Gasteiger charge is 2.12. The Morgan fingerprint density at radius 3 is 1.23 bits per heavy atom. The fourth-order valence-electron chi connectivity index (χ4n) is 3.99. The molecule has 0 unspecified atom stereocenters. The second-order valence-corrected chi connectivity index (χ2v) is 9.55. The maximum Gasteiger partial charge on any atom is 0.127 e. The normalized spacial score (nSPS) is 10.7. The van der Waals surface area contributed by atoms with Gasteiger partial charge in [0.05, 0.1) is 0 Å². The number of aryl methyl sites for hydroxylation is 2. The third-order valence-corrected chi connectivity index (χ3v) is 6.48. The summed E-state index contributed by atoms with van der Waals surface area (Å²) in [7, 11) is 0. The first-order valence-corrected chi connectivity index (χ1v) is 12.4. The molecule has 0 heterocycles. The molecule has 0 spiro atoms. The lowest BCUT2D eigenvalue weighted by atomic mass is 10.1. The number of halogens is 1. The van der Waals surface area contributed by atoms with Crippen LogP contribution in [-0.2, 0) is 0 Å². The Kier molecular flexibility index (Phi) is 6.69. The van der Waals surface area contributed by atoms with Gasteiger partial charge in [0.1, 0.15) is 11.5 Å². The molecule has 0 aliphatic heterocycles. The van der Waals surface area contributed by atoms with Crippen LogP contribution in [0.3, 0.4) is 0 Å². The smallest absolute Gasteiger partial charge is 0.127 e. The molecule has 2 nitrogen and oxygen atoms in total. The molecule has 35 heavy (non-hydrogen) atoms. The van der Waals surface area contributed by atoms with Crippen LogP contribution in [0, 0.1) is 13.8 Å². The molecule has 0 fully saturated rings. The second kappa shape index (κ2) is 10.2. The average Bonchev–Trinajstić information content (AvgIpc) is 2.88. The molecular formula is C32H26BrNO. The molecule has 0 aliphatic rings. The first-order chi connectivity index (χ1) is 17.0. The molecule has 0 aliphatic carbocycles. The van der Waals surface area contributed by atoms with Crippen molar-refractivity contribution in [1.29, 1.82) is 0 Å². The van der Waals surface area contributed by atoms with Gasteiger partial charge in [0, 0.05) is 21.5 Å². The van der Waals surface area contributed by atoms with Gasteiger partial charge in [-0.15, -0.1) is 0 Å². The minimum absolute atomic E-state index is 0.804. The minimum atomic E-state index is 0.804. The van der Waals surface area contributed by atoms with E-state index in [4.69, 9.17) is 4.74 Å². The van der Waals surface area contributed by atoms with Crippen molar-refractivity contribution >= 4 is 33.0 Å². The van der Waals surface area contributed by atoms with Crippen molar-refractivity contribution in [3.63, 3.8) is 0 Å². The lowest BCUT2D eigenvalue weighted by Crippen LogP contribution is -2.09. The Labute approximate surface area is 215 Å². The van der Waals surface area contributed by atoms with Gasteiger partial charge in [0.15, 0.2) is 0 Å². The van der Waals surface area contributed by atoms with E-state index in [0.29, 0.717) is 0 Å². The van der Waals surface area contributed by atoms with E-state index in [1.165, 1.54) is 16.7 Å². The first-order valence-electron chi connectivity index (χ1n) is 11.6. The Morgan fingerprint density at radius 1 is 0.457 bits per heavy atom. The summed E-state index contributed by atoms with van der Waals surface area (Å²) >= 11 is 3.49. The van der Waals surface area contributed by atoms with Crippen LogP contribution in [0.15, 0.2) is 126 Å². The molecule has 172 valence electrons. The van der Waals surface area contributed by atoms with Gasteiger partial charge >= 0.3 is 0 Å². The van der Waals surface area contributed by atoms with Gasteiger partial charge in [0.2, 0.25) is 0 Å². The Balaban J connectivity index is 1.37. The number of benzene rings is 5. The summed E-state index contributed by atoms with van der Waals surface area (Å²) in [4.78, 5) is 2.26. The van der Waals surface area contributed by atoms with Crippen LogP contribution in [0.2, 0.25) is 0 Å². The van der Waals surface area contributed by atoms with Gasteiger partial charge in [-0.2, -0.15) is 0 Å². The highest BCUT2D eigenvalue weighted by atomic mass is 79.9. The standard InChI is InChI=1S/C32H26BrNO/c1-23-3-13-28(14-4-23)34(29-15-5-24(2)6-16-29)30-17-21-32(22-18-30)35-31-19-9-26(10-20-31)25-7-11-27(33)12-8-25/h3-22H,1-2H3. The van der Waals surface area contributed by atoms with E-state index in [1.54, 1.807) is 0 Å². The zero-order chi connectivity index (χ0) is 24.2. The van der Waals surface area contributed by atoms with Crippen molar-refractivity contribution in [3.8, 4) is 22.6 Å². The van der Waals surface area contributed by atoms with Gasteiger partial charge in [-0.3, -0.25) is 0 Å². The van der Waals surface area contributed by atoms with Crippen LogP contribution in [0.5, 0.6) is 11.5 Å². The first kappa shape index (κ1) is 22.9. The molecule has 5 aromatic carbocycles. The molecule has 5 aromatic rings. The highest BCUT2D eigenvalue weighted by Crippen LogP contribution is 2.36. The molecule has 0 N–H and O–H groups in total. The Hall–Kier alpha value is -3.82. The third kappa shape index (κ3) is 5.47. The maximum absolute atomic E-state index is 6.14. The highest BCUT2D eigenvalue weighted by molar-refractivity contribution is 9.10. The molecule has 0 aromatic heterocycles. The van der Waals surface area contributed by atoms with Crippen molar-refractivity contribution in [1.82, 2.24) is 0 Å². The maximum atomic E-state index is 6.14. The van der Waals surface area contributed by atoms with Gasteiger partial charge in [-0.05, 0) is 97.8 Å². The lowest BCUT2D eigenvalue weighted by Gasteiger charge is -2.26. The van der Waals surface area contributed by atoms with Crippen LogP contribution in [0.4, 0.5) is 17.1 Å². The lowest BCUT2D eigenvalue weighted by molar-refractivity contribution is 0.483. The molecule has 0 bridgehead atoms. The van der Waals surface area contributed by atoms with Crippen LogP contribution < -0.4 is 9.64 Å². The van der Waals surface area contributed by atoms with Crippen molar-refractivity contribution in [3.05, 3.63) is 137 Å². The SMILES string of the molecule is Cc1ccc(N(c2ccc(C)cc2)c2ccc(Oc3ccc(-c4ccc(Br)cc4)cc3)cc2)cc1. The van der Waals surface area contributed by atoms with Crippen LogP contribution >= 0.6 is 15.9 Å². The molecule has 0 atom stereocenters. The number of hydrogen-bond donors (Lipinski definition) is 0. The van der Waals surface area contributed by atoms with Gasteiger partial charge < -0.3 is 9.64 Å². The van der Waals surface area contributed by atoms with E-state index in [-0.39, 0.29) is 0 Å². The summed E-state index contributed by atoms with van der Waals surface area (Å²) in [5.74, 6) is 1.62. The predicted octanol–water partition coefficient (Wildman–Crippen LogP) is 10.00. The van der Waals surface area contributed by atoms with E-state index in [1.807, 2.05) is 24.3 Å². The number of rotatable bonds is 6. The Bertz CT molecular complexity index is 1340. The van der Waals surface area contributed by atoms with E-state index >= 15 is 0 Å². The minimum Gasteiger partial charge on any atom is -0.457 e. The number of ether oxygens (including phenoxy) is 1. The van der Waals surface area contributed by atoms with Gasteiger partial charge in [-0.1, -0.05) is 75.6 Å². The van der Waals surface area contributed by atoms with Crippen molar-refractivity contribution in [2.75, 3.05) is 4.90 Å². The quantitative estimate of drug-likeness (QED) is 0.221. The van der Waals surface area contributed by atoms with E-state index in [9.17, 15) is 0 Å². The summed E-state index contributed by atoms with van der Waals surface area (Å²) in [6.07, 6.45) is 0. The van der Waals surface area contributed by atoms with E-state index in [0.717, 1.165) is 38.6 Å². The summed E-state index contributed by atoms with van der Waals surface area (Å²) in [6, 6.07) is 42.0. The number of hydrogen-bond acceptors (Lipinski definition) is 2. The van der Waals surface area contributed by atoms with Crippen molar-refractivity contribution < 1.29 is 4.74 Å². The van der Waals surface area contributed by atoms with E-state index < -0.39 is 0 Å². The summed E-state index contributed by atoms with van der Waals surface area (Å²) in [5, 5.41) is 0. The summed E-state index contributed by atoms with van der Waals surface area (Å²) in [6.45, 7) is 4.22. The monoisotopic (exact) mass is 519 g/mol.